The number of aliphatic hydroxyl groups excluding tert-OH is 1. The molecule has 1 aromatic heterocycles. The summed E-state index contributed by atoms with van der Waals surface area (Å²) in [6.45, 7) is -0.247. The second-order valence-corrected chi connectivity index (χ2v) is 7.75. The van der Waals surface area contributed by atoms with Gasteiger partial charge in [0, 0.05) is 12.1 Å². The Balaban J connectivity index is 1.68. The lowest BCUT2D eigenvalue weighted by atomic mass is 10.2. The summed E-state index contributed by atoms with van der Waals surface area (Å²) in [5.41, 5.74) is 1.15. The number of benzene rings is 2. The second-order valence-electron chi connectivity index (χ2n) is 5.98. The highest BCUT2D eigenvalue weighted by molar-refractivity contribution is 7.89. The third-order valence-electron chi connectivity index (χ3n) is 3.76. The highest BCUT2D eigenvalue weighted by Crippen LogP contribution is 2.23. The number of nitrogens with zero attached hydrogens (tertiary/aromatic N) is 4. The molecule has 9 nitrogen and oxygen atoms in total. The number of halogens is 3. The van der Waals surface area contributed by atoms with E-state index < -0.39 is 16.4 Å². The lowest BCUT2D eigenvalue weighted by Gasteiger charge is -2.09. The minimum Gasteiger partial charge on any atom is -0.406 e. The van der Waals surface area contributed by atoms with Crippen LogP contribution in [0.4, 0.5) is 13.2 Å². The van der Waals surface area contributed by atoms with Gasteiger partial charge in [-0.25, -0.2) is 13.1 Å². The maximum atomic E-state index is 12.2. The molecule has 3 rings (SSSR count). The van der Waals surface area contributed by atoms with Crippen LogP contribution >= 0.6 is 0 Å². The average Bonchev–Trinajstić information content (AvgIpc) is 3.15. The fraction of sp³-hybridized carbons (Fsp3) is 0.235. The number of aliphatic hydroxyl groups is 1. The van der Waals surface area contributed by atoms with Crippen molar-refractivity contribution in [2.75, 3.05) is 13.2 Å². The van der Waals surface area contributed by atoms with Crippen molar-refractivity contribution in [2.45, 2.75) is 17.8 Å². The van der Waals surface area contributed by atoms with Gasteiger partial charge in [0.25, 0.3) is 0 Å². The zero-order chi connectivity index (χ0) is 21.8. The molecule has 0 fully saturated rings. The first-order valence-corrected chi connectivity index (χ1v) is 9.98. The molecule has 3 aromatic rings. The van der Waals surface area contributed by atoms with Gasteiger partial charge < -0.3 is 9.84 Å². The summed E-state index contributed by atoms with van der Waals surface area (Å²) in [4.78, 5) is 1.27. The Morgan fingerprint density at radius 2 is 1.73 bits per heavy atom. The Morgan fingerprint density at radius 1 is 1.07 bits per heavy atom. The van der Waals surface area contributed by atoms with E-state index in [0.29, 0.717) is 11.1 Å². The summed E-state index contributed by atoms with van der Waals surface area (Å²) < 4.78 is 66.6. The molecule has 0 aliphatic carbocycles. The van der Waals surface area contributed by atoms with E-state index in [1.54, 1.807) is 0 Å². The Kier molecular flexibility index (Phi) is 6.34. The number of hydrogen-bond donors (Lipinski definition) is 2. The smallest absolute Gasteiger partial charge is 0.406 e. The van der Waals surface area contributed by atoms with Gasteiger partial charge in [-0.3, -0.25) is 0 Å². The Labute approximate surface area is 169 Å². The minimum atomic E-state index is -4.76. The topological polar surface area (TPSA) is 119 Å². The summed E-state index contributed by atoms with van der Waals surface area (Å²) in [6.07, 6.45) is -4.76. The van der Waals surface area contributed by atoms with Crippen LogP contribution < -0.4 is 9.46 Å². The van der Waals surface area contributed by atoms with E-state index in [9.17, 15) is 21.6 Å². The van der Waals surface area contributed by atoms with Crippen molar-refractivity contribution in [3.63, 3.8) is 0 Å². The number of sulfonamides is 1. The predicted molar refractivity (Wildman–Crippen MR) is 97.8 cm³/mol. The molecule has 160 valence electrons. The maximum absolute atomic E-state index is 12.2. The lowest BCUT2D eigenvalue weighted by molar-refractivity contribution is -0.274. The highest BCUT2D eigenvalue weighted by atomic mass is 32.2. The van der Waals surface area contributed by atoms with E-state index in [4.69, 9.17) is 5.11 Å². The molecule has 0 saturated heterocycles. The van der Waals surface area contributed by atoms with Crippen LogP contribution in [0, 0.1) is 0 Å². The van der Waals surface area contributed by atoms with Gasteiger partial charge in [0.15, 0.2) is 0 Å². The molecule has 2 N–H and O–H groups in total. The standard InChI is InChI=1S/C17H16F3N5O4S/c18-17(19,20)29-14-5-1-12(2-6-14)11-25-23-16(22-24-25)13-3-7-15(8-4-13)30(27,28)21-9-10-26/h1-8,21,26H,9-11H2. The molecule has 2 aromatic carbocycles. The lowest BCUT2D eigenvalue weighted by Crippen LogP contribution is -2.26. The molecule has 0 atom stereocenters. The summed E-state index contributed by atoms with van der Waals surface area (Å²) in [7, 11) is -3.72. The quantitative estimate of drug-likeness (QED) is 0.542. The van der Waals surface area contributed by atoms with Crippen LogP contribution in [0.15, 0.2) is 53.4 Å². The normalized spacial score (nSPS) is 12.1. The first kappa shape index (κ1) is 21.7. The highest BCUT2D eigenvalue weighted by Gasteiger charge is 2.30. The van der Waals surface area contributed by atoms with Crippen molar-refractivity contribution in [3.05, 3.63) is 54.1 Å². The van der Waals surface area contributed by atoms with Gasteiger partial charge >= 0.3 is 6.36 Å². The Hall–Kier alpha value is -3.03. The number of ether oxygens (including phenoxy) is 1. The third kappa shape index (κ3) is 5.75. The molecule has 0 saturated carbocycles. The minimum absolute atomic E-state index is 0.0215. The van der Waals surface area contributed by atoms with Gasteiger partial charge in [-0.2, -0.15) is 4.80 Å². The molecule has 0 radical (unpaired) electrons. The van der Waals surface area contributed by atoms with Crippen LogP contribution in [0.3, 0.4) is 0 Å². The van der Waals surface area contributed by atoms with Crippen LogP contribution in [0.25, 0.3) is 11.4 Å². The molecule has 0 aliphatic heterocycles. The number of rotatable bonds is 8. The first-order chi connectivity index (χ1) is 14.2. The van der Waals surface area contributed by atoms with Gasteiger partial charge in [-0.05, 0) is 47.2 Å². The molecule has 0 unspecified atom stereocenters. The molecule has 0 aliphatic rings. The summed E-state index contributed by atoms with van der Waals surface area (Å²) in [5.74, 6) is -0.0821. The average molecular weight is 443 g/mol. The van der Waals surface area contributed by atoms with Crippen LogP contribution in [0.2, 0.25) is 0 Å². The van der Waals surface area contributed by atoms with Crippen LogP contribution in [0.1, 0.15) is 5.56 Å². The van der Waals surface area contributed by atoms with Gasteiger partial charge in [-0.15, -0.1) is 23.4 Å². The fourth-order valence-corrected chi connectivity index (χ4v) is 3.45. The van der Waals surface area contributed by atoms with Crippen molar-refractivity contribution < 1.29 is 31.4 Å². The van der Waals surface area contributed by atoms with Gasteiger partial charge in [0.2, 0.25) is 15.8 Å². The van der Waals surface area contributed by atoms with E-state index in [1.165, 1.54) is 53.3 Å². The van der Waals surface area contributed by atoms with Gasteiger partial charge in [0.05, 0.1) is 18.0 Å². The largest absolute Gasteiger partial charge is 0.573 e. The third-order valence-corrected chi connectivity index (χ3v) is 5.24. The van der Waals surface area contributed by atoms with E-state index in [2.05, 4.69) is 24.9 Å². The second kappa shape index (κ2) is 8.77. The molecule has 0 spiro atoms. The molecular formula is C17H16F3N5O4S. The zero-order valence-electron chi connectivity index (χ0n) is 15.2. The van der Waals surface area contributed by atoms with Crippen molar-refractivity contribution >= 4 is 10.0 Å². The molecule has 1 heterocycles. The number of tetrazole rings is 1. The maximum Gasteiger partial charge on any atom is 0.573 e. The summed E-state index contributed by atoms with van der Waals surface area (Å²) in [5, 5.41) is 20.7. The molecule has 30 heavy (non-hydrogen) atoms. The number of hydrogen-bond acceptors (Lipinski definition) is 7. The number of aromatic nitrogens is 4. The Morgan fingerprint density at radius 3 is 2.33 bits per heavy atom. The van der Waals surface area contributed by atoms with E-state index >= 15 is 0 Å². The van der Waals surface area contributed by atoms with Gasteiger partial charge in [0.1, 0.15) is 5.75 Å². The fourth-order valence-electron chi connectivity index (χ4n) is 2.43. The van der Waals surface area contributed by atoms with Crippen LogP contribution in [-0.4, -0.2) is 53.2 Å². The van der Waals surface area contributed by atoms with E-state index in [0.717, 1.165) is 0 Å². The van der Waals surface area contributed by atoms with Gasteiger partial charge in [-0.1, -0.05) is 12.1 Å². The summed E-state index contributed by atoms with van der Waals surface area (Å²) >= 11 is 0. The van der Waals surface area contributed by atoms with Crippen LogP contribution in [0.5, 0.6) is 5.75 Å². The van der Waals surface area contributed by atoms with Crippen molar-refractivity contribution in [1.82, 2.24) is 24.9 Å². The summed E-state index contributed by atoms with van der Waals surface area (Å²) in [6, 6.07) is 11.0. The van der Waals surface area contributed by atoms with Crippen molar-refractivity contribution in [3.8, 4) is 17.1 Å². The first-order valence-electron chi connectivity index (χ1n) is 8.50. The molecule has 0 bridgehead atoms. The van der Waals surface area contributed by atoms with E-state index in [1.807, 2.05) is 0 Å². The Bertz CT molecular complexity index is 1080. The molecular weight excluding hydrogens is 427 g/mol. The van der Waals surface area contributed by atoms with E-state index in [-0.39, 0.29) is 36.2 Å². The van der Waals surface area contributed by atoms with Crippen molar-refractivity contribution in [2.24, 2.45) is 0 Å². The number of alkyl halides is 3. The zero-order valence-corrected chi connectivity index (χ0v) is 16.1. The van der Waals surface area contributed by atoms with Crippen LogP contribution in [-0.2, 0) is 16.6 Å². The molecule has 13 heteroatoms. The number of nitrogens with one attached hydrogen (secondary N) is 1. The monoisotopic (exact) mass is 443 g/mol. The SMILES string of the molecule is O=S(=O)(NCCO)c1ccc(-c2nnn(Cc3ccc(OC(F)(F)F)cc3)n2)cc1. The predicted octanol–water partition coefficient (Wildman–Crippen LogP) is 1.56. The van der Waals surface area contributed by atoms with Crippen molar-refractivity contribution in [1.29, 1.82) is 0 Å². The molecule has 0 amide bonds.